The molecule has 0 aromatic heterocycles. The van der Waals surface area contributed by atoms with E-state index in [9.17, 15) is 14.4 Å². The SMILES string of the molecule is Cc1ccc(C(=O)Nc2ccc(C3OC(=O)N(Cc4cccc(C)c4)C3C(=O)NC3CC3)cc2)cc1. The van der Waals surface area contributed by atoms with Gasteiger partial charge >= 0.3 is 6.09 Å². The number of amides is 3. The number of hydrogen-bond donors (Lipinski definition) is 2. The molecule has 1 aliphatic carbocycles. The molecule has 0 bridgehead atoms. The lowest BCUT2D eigenvalue weighted by molar-refractivity contribution is -0.126. The van der Waals surface area contributed by atoms with Gasteiger partial charge in [-0.3, -0.25) is 14.5 Å². The Bertz CT molecular complexity index is 1280. The molecule has 2 atom stereocenters. The van der Waals surface area contributed by atoms with Crippen molar-refractivity contribution in [2.75, 3.05) is 5.32 Å². The van der Waals surface area contributed by atoms with E-state index < -0.39 is 18.2 Å². The van der Waals surface area contributed by atoms with Crippen LogP contribution in [0, 0.1) is 13.8 Å². The molecule has 2 fully saturated rings. The van der Waals surface area contributed by atoms with E-state index in [0.717, 1.165) is 29.5 Å². The van der Waals surface area contributed by atoms with Gasteiger partial charge in [-0.2, -0.15) is 0 Å². The van der Waals surface area contributed by atoms with Gasteiger partial charge in [0.25, 0.3) is 5.91 Å². The molecule has 7 heteroatoms. The molecule has 0 radical (unpaired) electrons. The highest BCUT2D eigenvalue weighted by Gasteiger charge is 2.47. The summed E-state index contributed by atoms with van der Waals surface area (Å²) in [5.74, 6) is -0.418. The van der Waals surface area contributed by atoms with Crippen LogP contribution in [0.4, 0.5) is 10.5 Å². The first kappa shape index (κ1) is 23.6. The number of anilines is 1. The Balaban J connectivity index is 1.35. The van der Waals surface area contributed by atoms with E-state index in [1.165, 1.54) is 4.90 Å². The summed E-state index contributed by atoms with van der Waals surface area (Å²) in [6, 6.07) is 21.7. The number of nitrogens with one attached hydrogen (secondary N) is 2. The number of hydrogen-bond acceptors (Lipinski definition) is 4. The van der Waals surface area contributed by atoms with Gasteiger partial charge in [0, 0.05) is 17.3 Å². The lowest BCUT2D eigenvalue weighted by atomic mass is 10.00. The Kier molecular flexibility index (Phi) is 6.46. The topological polar surface area (TPSA) is 87.7 Å². The minimum atomic E-state index is -0.786. The molecular weight excluding hydrogens is 454 g/mol. The molecule has 2 N–H and O–H groups in total. The van der Waals surface area contributed by atoms with Crippen LogP contribution in [0.5, 0.6) is 0 Å². The van der Waals surface area contributed by atoms with Gasteiger partial charge in [-0.1, -0.05) is 59.7 Å². The van der Waals surface area contributed by atoms with Crippen LogP contribution in [0.25, 0.3) is 0 Å². The maximum atomic E-state index is 13.2. The van der Waals surface area contributed by atoms with Crippen molar-refractivity contribution in [3.8, 4) is 0 Å². The number of rotatable bonds is 7. The fraction of sp³-hybridized carbons (Fsp3) is 0.276. The maximum absolute atomic E-state index is 13.2. The Morgan fingerprint density at radius 1 is 0.944 bits per heavy atom. The Morgan fingerprint density at radius 3 is 2.33 bits per heavy atom. The summed E-state index contributed by atoms with van der Waals surface area (Å²) in [5, 5.41) is 5.92. The normalized spacial score (nSPS) is 19.1. The molecule has 3 amide bonds. The Morgan fingerprint density at radius 2 is 1.67 bits per heavy atom. The fourth-order valence-electron chi connectivity index (χ4n) is 4.40. The highest BCUT2D eigenvalue weighted by atomic mass is 16.6. The molecule has 1 saturated carbocycles. The van der Waals surface area contributed by atoms with Crippen LogP contribution in [-0.2, 0) is 16.1 Å². The van der Waals surface area contributed by atoms with Crippen molar-refractivity contribution >= 4 is 23.6 Å². The summed E-state index contributed by atoms with van der Waals surface area (Å²) >= 11 is 0. The third-order valence-corrected chi connectivity index (χ3v) is 6.52. The van der Waals surface area contributed by atoms with Gasteiger partial charge in [-0.05, 0) is 62.1 Å². The second-order valence-corrected chi connectivity index (χ2v) is 9.59. The molecule has 3 aromatic rings. The molecule has 36 heavy (non-hydrogen) atoms. The summed E-state index contributed by atoms with van der Waals surface area (Å²) < 4.78 is 5.74. The van der Waals surface area contributed by atoms with Crippen LogP contribution in [0.2, 0.25) is 0 Å². The minimum Gasteiger partial charge on any atom is -0.438 e. The van der Waals surface area contributed by atoms with Gasteiger partial charge in [0.2, 0.25) is 5.91 Å². The van der Waals surface area contributed by atoms with Crippen molar-refractivity contribution in [1.29, 1.82) is 0 Å². The maximum Gasteiger partial charge on any atom is 0.411 e. The Labute approximate surface area is 210 Å². The monoisotopic (exact) mass is 483 g/mol. The number of aryl methyl sites for hydroxylation is 2. The number of carbonyl (C=O) groups is 3. The third kappa shape index (κ3) is 5.25. The molecule has 7 nitrogen and oxygen atoms in total. The summed E-state index contributed by atoms with van der Waals surface area (Å²) in [7, 11) is 0. The predicted octanol–water partition coefficient (Wildman–Crippen LogP) is 4.90. The van der Waals surface area contributed by atoms with E-state index in [1.54, 1.807) is 36.4 Å². The first-order valence-electron chi connectivity index (χ1n) is 12.2. The van der Waals surface area contributed by atoms with Crippen molar-refractivity contribution in [3.05, 3.63) is 101 Å². The lowest BCUT2D eigenvalue weighted by Gasteiger charge is -2.24. The van der Waals surface area contributed by atoms with Gasteiger partial charge in [-0.25, -0.2) is 4.79 Å². The van der Waals surface area contributed by atoms with E-state index in [4.69, 9.17) is 4.74 Å². The van der Waals surface area contributed by atoms with E-state index in [2.05, 4.69) is 10.6 Å². The smallest absolute Gasteiger partial charge is 0.411 e. The molecule has 0 spiro atoms. The standard InChI is InChI=1S/C29H29N3O4/c1-18-6-8-22(9-7-18)27(33)30-23-12-10-21(11-13-23)26-25(28(34)31-24-14-15-24)32(29(35)36-26)17-20-5-3-4-19(2)16-20/h3-13,16,24-26H,14-15,17H2,1-2H3,(H,30,33)(H,31,34). The Hall–Kier alpha value is -4.13. The average Bonchev–Trinajstić information content (AvgIpc) is 3.61. The first-order valence-corrected chi connectivity index (χ1v) is 12.2. The van der Waals surface area contributed by atoms with E-state index in [-0.39, 0.29) is 24.4 Å². The fourth-order valence-corrected chi connectivity index (χ4v) is 4.40. The molecule has 1 aliphatic heterocycles. The largest absolute Gasteiger partial charge is 0.438 e. The second-order valence-electron chi connectivity index (χ2n) is 9.59. The van der Waals surface area contributed by atoms with Crippen LogP contribution < -0.4 is 10.6 Å². The number of nitrogens with zero attached hydrogens (tertiary/aromatic N) is 1. The first-order chi connectivity index (χ1) is 17.4. The van der Waals surface area contributed by atoms with E-state index >= 15 is 0 Å². The molecule has 5 rings (SSSR count). The molecule has 1 heterocycles. The second kappa shape index (κ2) is 9.85. The summed E-state index contributed by atoms with van der Waals surface area (Å²) in [4.78, 5) is 40.2. The van der Waals surface area contributed by atoms with Crippen LogP contribution >= 0.6 is 0 Å². The average molecular weight is 484 g/mol. The zero-order valence-corrected chi connectivity index (χ0v) is 20.4. The van der Waals surface area contributed by atoms with Crippen molar-refractivity contribution in [1.82, 2.24) is 10.2 Å². The molecule has 184 valence electrons. The predicted molar refractivity (Wildman–Crippen MR) is 136 cm³/mol. The summed E-state index contributed by atoms with van der Waals surface area (Å²) in [5.41, 5.74) is 4.98. The van der Waals surface area contributed by atoms with Gasteiger partial charge in [-0.15, -0.1) is 0 Å². The van der Waals surface area contributed by atoms with Crippen LogP contribution in [-0.4, -0.2) is 34.9 Å². The van der Waals surface area contributed by atoms with E-state index in [1.807, 2.05) is 50.2 Å². The quantitative estimate of drug-likeness (QED) is 0.501. The van der Waals surface area contributed by atoms with Crippen molar-refractivity contribution in [3.63, 3.8) is 0 Å². The van der Waals surface area contributed by atoms with Gasteiger partial charge in [0.15, 0.2) is 12.1 Å². The van der Waals surface area contributed by atoms with Crippen LogP contribution in [0.1, 0.15) is 51.6 Å². The molecular formula is C29H29N3O4. The van der Waals surface area contributed by atoms with Crippen molar-refractivity contribution in [2.24, 2.45) is 0 Å². The highest BCUT2D eigenvalue weighted by molar-refractivity contribution is 6.04. The minimum absolute atomic E-state index is 0.161. The molecule has 3 aromatic carbocycles. The zero-order chi connectivity index (χ0) is 25.2. The van der Waals surface area contributed by atoms with Gasteiger partial charge in [0.1, 0.15) is 0 Å². The highest BCUT2D eigenvalue weighted by Crippen LogP contribution is 2.35. The third-order valence-electron chi connectivity index (χ3n) is 6.52. The molecule has 2 unspecified atom stereocenters. The van der Waals surface area contributed by atoms with Crippen LogP contribution in [0.3, 0.4) is 0 Å². The van der Waals surface area contributed by atoms with Crippen LogP contribution in [0.15, 0.2) is 72.8 Å². The van der Waals surface area contributed by atoms with Gasteiger partial charge in [0.05, 0.1) is 6.54 Å². The van der Waals surface area contributed by atoms with Crippen molar-refractivity contribution < 1.29 is 19.1 Å². The number of benzene rings is 3. The van der Waals surface area contributed by atoms with Crippen molar-refractivity contribution in [2.45, 2.75) is 51.4 Å². The number of carbonyl (C=O) groups excluding carboxylic acids is 3. The lowest BCUT2D eigenvalue weighted by Crippen LogP contribution is -2.46. The van der Waals surface area contributed by atoms with Gasteiger partial charge < -0.3 is 15.4 Å². The summed E-state index contributed by atoms with van der Waals surface area (Å²) in [6.07, 6.45) is 0.633. The molecule has 2 aliphatic rings. The number of cyclic esters (lactones) is 1. The van der Waals surface area contributed by atoms with E-state index in [0.29, 0.717) is 16.8 Å². The number of ether oxygens (including phenoxy) is 1. The molecule has 1 saturated heterocycles. The zero-order valence-electron chi connectivity index (χ0n) is 20.4. The summed E-state index contributed by atoms with van der Waals surface area (Å²) in [6.45, 7) is 4.24.